The van der Waals surface area contributed by atoms with Crippen LogP contribution >= 0.6 is 0 Å². The third kappa shape index (κ3) is 4.82. The van der Waals surface area contributed by atoms with Gasteiger partial charge in [-0.05, 0) is 6.42 Å². The van der Waals surface area contributed by atoms with Crippen LogP contribution in [0.1, 0.15) is 26.7 Å². The zero-order valence-electron chi connectivity index (χ0n) is 8.91. The minimum atomic E-state index is -0.853. The Labute approximate surface area is 85.4 Å². The Morgan fingerprint density at radius 3 is 2.57 bits per heavy atom. The molecule has 80 valence electrons. The van der Waals surface area contributed by atoms with Gasteiger partial charge in [0.1, 0.15) is 0 Å². The zero-order chi connectivity index (χ0) is 11.0. The number of hydrogen-bond donors (Lipinski definition) is 0. The van der Waals surface area contributed by atoms with Crippen LogP contribution in [-0.2, 0) is 14.3 Å². The molecular weight excluding hydrogens is 180 g/mol. The summed E-state index contributed by atoms with van der Waals surface area (Å²) in [6.45, 7) is 11.0. The monoisotopic (exact) mass is 198 g/mol. The topological polar surface area (TPSA) is 35.5 Å². The summed E-state index contributed by atoms with van der Waals surface area (Å²) in [5.74, 6) is -1.32. The summed E-state index contributed by atoms with van der Waals surface area (Å²) in [7, 11) is 0. The van der Waals surface area contributed by atoms with Gasteiger partial charge in [-0.15, -0.1) is 6.58 Å². The van der Waals surface area contributed by atoms with Gasteiger partial charge in [-0.25, -0.2) is 4.79 Å². The Bertz CT molecular complexity index is 211. The van der Waals surface area contributed by atoms with E-state index in [1.165, 1.54) is 0 Å². The molecular formula is C11H18O3. The van der Waals surface area contributed by atoms with Crippen LogP contribution in [0.4, 0.5) is 0 Å². The van der Waals surface area contributed by atoms with Gasteiger partial charge in [0.05, 0.1) is 6.61 Å². The van der Waals surface area contributed by atoms with Crippen molar-refractivity contribution in [2.75, 3.05) is 6.61 Å². The lowest BCUT2D eigenvalue weighted by atomic mass is 10.2. The van der Waals surface area contributed by atoms with Crippen molar-refractivity contribution in [1.29, 1.82) is 0 Å². The van der Waals surface area contributed by atoms with Gasteiger partial charge in [0.25, 0.3) is 0 Å². The molecule has 0 aromatic rings. The molecule has 1 atom stereocenters. The van der Waals surface area contributed by atoms with Crippen molar-refractivity contribution in [3.8, 4) is 0 Å². The largest absolute Gasteiger partial charge is 0.430 e. The number of rotatable bonds is 7. The highest BCUT2D eigenvalue weighted by atomic mass is 16.7. The smallest absolute Gasteiger partial charge is 0.332 e. The standard InChI is InChI=1S/C11H18O3/c1-5-8-9-13-11(4,7-3)14-10(12)6-2/h5-6H,1-2,7-9H2,3-4H3. The molecule has 3 heteroatoms. The summed E-state index contributed by atoms with van der Waals surface area (Å²) < 4.78 is 10.5. The van der Waals surface area contributed by atoms with E-state index in [1.54, 1.807) is 13.0 Å². The maximum atomic E-state index is 11.0. The first kappa shape index (κ1) is 12.9. The van der Waals surface area contributed by atoms with Gasteiger partial charge in [0, 0.05) is 19.4 Å². The van der Waals surface area contributed by atoms with Crippen molar-refractivity contribution in [2.24, 2.45) is 0 Å². The van der Waals surface area contributed by atoms with Crippen LogP contribution in [0, 0.1) is 0 Å². The Hall–Kier alpha value is -1.09. The summed E-state index contributed by atoms with van der Waals surface area (Å²) in [6.07, 6.45) is 4.22. The number of carbonyl (C=O) groups is 1. The molecule has 0 rings (SSSR count). The molecule has 0 heterocycles. The van der Waals surface area contributed by atoms with E-state index in [9.17, 15) is 4.79 Å². The van der Waals surface area contributed by atoms with E-state index in [2.05, 4.69) is 13.2 Å². The van der Waals surface area contributed by atoms with Crippen LogP contribution in [-0.4, -0.2) is 18.4 Å². The van der Waals surface area contributed by atoms with Crippen LogP contribution in [0.25, 0.3) is 0 Å². The minimum Gasteiger partial charge on any atom is -0.430 e. The Kier molecular flexibility index (Phi) is 5.88. The molecule has 0 aliphatic carbocycles. The van der Waals surface area contributed by atoms with Crippen LogP contribution < -0.4 is 0 Å². The van der Waals surface area contributed by atoms with Crippen molar-refractivity contribution >= 4 is 5.97 Å². The van der Waals surface area contributed by atoms with E-state index >= 15 is 0 Å². The highest BCUT2D eigenvalue weighted by Crippen LogP contribution is 2.17. The molecule has 0 aliphatic heterocycles. The molecule has 14 heavy (non-hydrogen) atoms. The Morgan fingerprint density at radius 2 is 2.14 bits per heavy atom. The average Bonchev–Trinajstić information content (AvgIpc) is 2.18. The van der Waals surface area contributed by atoms with Gasteiger partial charge < -0.3 is 9.47 Å². The molecule has 3 nitrogen and oxygen atoms in total. The lowest BCUT2D eigenvalue weighted by molar-refractivity contribution is -0.220. The first-order valence-electron chi connectivity index (χ1n) is 4.68. The minimum absolute atomic E-state index is 0.465. The summed E-state index contributed by atoms with van der Waals surface area (Å²) in [5, 5.41) is 0. The summed E-state index contributed by atoms with van der Waals surface area (Å²) in [6, 6.07) is 0. The highest BCUT2D eigenvalue weighted by Gasteiger charge is 2.26. The second kappa shape index (κ2) is 6.38. The predicted octanol–water partition coefficient (Wildman–Crippen LogP) is 2.43. The number of hydrogen-bond acceptors (Lipinski definition) is 3. The van der Waals surface area contributed by atoms with Crippen LogP contribution in [0.5, 0.6) is 0 Å². The first-order chi connectivity index (χ1) is 6.58. The molecule has 0 N–H and O–H groups in total. The summed E-state index contributed by atoms with van der Waals surface area (Å²) in [5.41, 5.74) is 0. The fraction of sp³-hybridized carbons (Fsp3) is 0.545. The van der Waals surface area contributed by atoms with Crippen molar-refractivity contribution < 1.29 is 14.3 Å². The lowest BCUT2D eigenvalue weighted by Gasteiger charge is -2.27. The summed E-state index contributed by atoms with van der Waals surface area (Å²) in [4.78, 5) is 11.0. The van der Waals surface area contributed by atoms with Gasteiger partial charge in [-0.3, -0.25) is 0 Å². The molecule has 0 aromatic carbocycles. The maximum Gasteiger partial charge on any atom is 0.332 e. The molecule has 0 fully saturated rings. The van der Waals surface area contributed by atoms with Gasteiger partial charge in [-0.1, -0.05) is 19.6 Å². The fourth-order valence-electron chi connectivity index (χ4n) is 0.816. The quantitative estimate of drug-likeness (QED) is 0.207. The van der Waals surface area contributed by atoms with Gasteiger partial charge in [-0.2, -0.15) is 0 Å². The van der Waals surface area contributed by atoms with Gasteiger partial charge in [0.15, 0.2) is 0 Å². The van der Waals surface area contributed by atoms with E-state index in [0.29, 0.717) is 13.0 Å². The molecule has 0 bridgehead atoms. The highest BCUT2D eigenvalue weighted by molar-refractivity contribution is 5.81. The molecule has 0 radical (unpaired) electrons. The summed E-state index contributed by atoms with van der Waals surface area (Å²) >= 11 is 0. The maximum absolute atomic E-state index is 11.0. The third-order valence-electron chi connectivity index (χ3n) is 1.85. The van der Waals surface area contributed by atoms with Crippen molar-refractivity contribution in [2.45, 2.75) is 32.5 Å². The molecule has 0 amide bonds. The van der Waals surface area contributed by atoms with E-state index in [1.807, 2.05) is 6.92 Å². The SMILES string of the molecule is C=CCCOC(C)(CC)OC(=O)C=C. The van der Waals surface area contributed by atoms with Crippen LogP contribution in [0.15, 0.2) is 25.3 Å². The molecule has 0 saturated carbocycles. The lowest BCUT2D eigenvalue weighted by Crippen LogP contribution is -2.34. The van der Waals surface area contributed by atoms with Crippen molar-refractivity contribution in [3.63, 3.8) is 0 Å². The van der Waals surface area contributed by atoms with Crippen LogP contribution in [0.3, 0.4) is 0 Å². The molecule has 1 unspecified atom stereocenters. The normalized spacial score (nSPS) is 14.1. The number of esters is 1. The number of carbonyl (C=O) groups excluding carboxylic acids is 1. The second-order valence-corrected chi connectivity index (χ2v) is 3.04. The predicted molar refractivity (Wildman–Crippen MR) is 55.8 cm³/mol. The van der Waals surface area contributed by atoms with E-state index in [4.69, 9.17) is 9.47 Å². The van der Waals surface area contributed by atoms with Crippen molar-refractivity contribution in [1.82, 2.24) is 0 Å². The average molecular weight is 198 g/mol. The second-order valence-electron chi connectivity index (χ2n) is 3.04. The van der Waals surface area contributed by atoms with E-state index < -0.39 is 11.8 Å². The molecule has 0 aliphatic rings. The van der Waals surface area contributed by atoms with Crippen molar-refractivity contribution in [3.05, 3.63) is 25.3 Å². The Morgan fingerprint density at radius 1 is 1.50 bits per heavy atom. The van der Waals surface area contributed by atoms with Gasteiger partial charge in [0.2, 0.25) is 5.79 Å². The van der Waals surface area contributed by atoms with E-state index in [0.717, 1.165) is 12.5 Å². The van der Waals surface area contributed by atoms with Gasteiger partial charge >= 0.3 is 5.97 Å². The molecule has 0 aromatic heterocycles. The zero-order valence-corrected chi connectivity index (χ0v) is 8.91. The van der Waals surface area contributed by atoms with Crippen LogP contribution in [0.2, 0.25) is 0 Å². The Balaban J connectivity index is 4.09. The third-order valence-corrected chi connectivity index (χ3v) is 1.85. The fourth-order valence-corrected chi connectivity index (χ4v) is 0.816. The number of ether oxygens (including phenoxy) is 2. The molecule has 0 saturated heterocycles. The van der Waals surface area contributed by atoms with E-state index in [-0.39, 0.29) is 0 Å². The first-order valence-corrected chi connectivity index (χ1v) is 4.68. The molecule has 0 spiro atoms.